The molecule has 0 amide bonds. The summed E-state index contributed by atoms with van der Waals surface area (Å²) in [7, 11) is 2.90. The summed E-state index contributed by atoms with van der Waals surface area (Å²) in [6.07, 6.45) is -4.55. The fraction of sp³-hybridized carbons (Fsp3) is 0.250. The first-order valence-electron chi connectivity index (χ1n) is 5.41. The van der Waals surface area contributed by atoms with E-state index >= 15 is 0 Å². The van der Waals surface area contributed by atoms with Crippen LogP contribution in [0.1, 0.15) is 5.69 Å². The van der Waals surface area contributed by atoms with E-state index in [-0.39, 0.29) is 10.8 Å². The average Bonchev–Trinajstić information content (AvgIpc) is 2.66. The number of anilines is 2. The average molecular weight is 290 g/mol. The number of halogens is 4. The van der Waals surface area contributed by atoms with E-state index in [0.29, 0.717) is 5.69 Å². The Labute approximate surface area is 113 Å². The summed E-state index contributed by atoms with van der Waals surface area (Å²) in [5.41, 5.74) is -0.544. The van der Waals surface area contributed by atoms with Gasteiger partial charge in [-0.3, -0.25) is 4.68 Å². The van der Waals surface area contributed by atoms with Crippen molar-refractivity contribution in [3.05, 3.63) is 41.2 Å². The second-order valence-corrected chi connectivity index (χ2v) is 4.36. The monoisotopic (exact) mass is 289 g/mol. The van der Waals surface area contributed by atoms with Gasteiger partial charge in [-0.2, -0.15) is 18.3 Å². The lowest BCUT2D eigenvalue weighted by Gasteiger charge is -2.20. The van der Waals surface area contributed by atoms with Crippen LogP contribution in [0.15, 0.2) is 30.3 Å². The maximum Gasteiger partial charge on any atom is 0.437 e. The Kier molecular flexibility index (Phi) is 3.45. The highest BCUT2D eigenvalue weighted by molar-refractivity contribution is 6.32. The Hall–Kier alpha value is -1.69. The maximum atomic E-state index is 13.0. The SMILES string of the molecule is CN(c1ccccc1)c1c(C(F)(F)F)nn(C)c1Cl. The van der Waals surface area contributed by atoms with Gasteiger partial charge in [-0.15, -0.1) is 0 Å². The molecule has 1 heterocycles. The zero-order valence-corrected chi connectivity index (χ0v) is 11.0. The molecule has 0 fully saturated rings. The molecule has 0 aliphatic carbocycles. The van der Waals surface area contributed by atoms with Crippen LogP contribution in [0.25, 0.3) is 0 Å². The fourth-order valence-corrected chi connectivity index (χ4v) is 2.02. The zero-order valence-electron chi connectivity index (χ0n) is 10.2. The minimum absolute atomic E-state index is 0.0568. The molecule has 0 aliphatic heterocycles. The summed E-state index contributed by atoms with van der Waals surface area (Å²) in [6, 6.07) is 8.66. The molecule has 0 saturated carbocycles. The van der Waals surface area contributed by atoms with Crippen molar-refractivity contribution in [2.24, 2.45) is 7.05 Å². The van der Waals surface area contributed by atoms with E-state index in [1.807, 2.05) is 0 Å². The number of para-hydroxylation sites is 1. The van der Waals surface area contributed by atoms with Crippen LogP contribution in [0.4, 0.5) is 24.5 Å². The van der Waals surface area contributed by atoms with Gasteiger partial charge in [0.05, 0.1) is 0 Å². The predicted octanol–water partition coefficient (Wildman–Crippen LogP) is 3.86. The second kappa shape index (κ2) is 4.77. The Bertz CT molecular complexity index is 578. The van der Waals surface area contributed by atoms with Crippen molar-refractivity contribution in [1.29, 1.82) is 0 Å². The molecule has 1 aromatic carbocycles. The number of alkyl halides is 3. The van der Waals surface area contributed by atoms with E-state index in [1.165, 1.54) is 19.0 Å². The molecule has 102 valence electrons. The highest BCUT2D eigenvalue weighted by Gasteiger charge is 2.40. The van der Waals surface area contributed by atoms with Crippen molar-refractivity contribution in [2.45, 2.75) is 6.18 Å². The van der Waals surface area contributed by atoms with E-state index in [4.69, 9.17) is 11.6 Å². The molecule has 1 aromatic heterocycles. The number of rotatable bonds is 2. The molecule has 7 heteroatoms. The van der Waals surface area contributed by atoms with E-state index in [2.05, 4.69) is 5.10 Å². The van der Waals surface area contributed by atoms with Crippen LogP contribution in [0.3, 0.4) is 0 Å². The molecule has 0 radical (unpaired) electrons. The lowest BCUT2D eigenvalue weighted by atomic mass is 10.2. The van der Waals surface area contributed by atoms with Gasteiger partial charge in [-0.05, 0) is 12.1 Å². The molecule has 0 spiro atoms. The summed E-state index contributed by atoms with van der Waals surface area (Å²) in [6.45, 7) is 0. The van der Waals surface area contributed by atoms with Gasteiger partial charge in [0.2, 0.25) is 0 Å². The minimum atomic E-state index is -4.55. The first-order chi connectivity index (χ1) is 8.82. The molecule has 0 atom stereocenters. The van der Waals surface area contributed by atoms with Crippen molar-refractivity contribution in [3.8, 4) is 0 Å². The molecular formula is C12H11ClF3N3. The second-order valence-electron chi connectivity index (χ2n) is 4.00. The largest absolute Gasteiger partial charge is 0.437 e. The molecule has 2 rings (SSSR count). The van der Waals surface area contributed by atoms with Crippen molar-refractivity contribution >= 4 is 23.0 Å². The highest BCUT2D eigenvalue weighted by atomic mass is 35.5. The summed E-state index contributed by atoms with van der Waals surface area (Å²) < 4.78 is 39.9. The molecule has 3 nitrogen and oxygen atoms in total. The quantitative estimate of drug-likeness (QED) is 0.837. The molecule has 2 aromatic rings. The highest BCUT2D eigenvalue weighted by Crippen LogP contribution is 2.41. The molecule has 0 bridgehead atoms. The number of nitrogens with zero attached hydrogens (tertiary/aromatic N) is 3. The van der Waals surface area contributed by atoms with Gasteiger partial charge in [0.1, 0.15) is 5.69 Å². The van der Waals surface area contributed by atoms with Gasteiger partial charge in [0, 0.05) is 19.8 Å². The van der Waals surface area contributed by atoms with Crippen molar-refractivity contribution in [2.75, 3.05) is 11.9 Å². The molecular weight excluding hydrogens is 279 g/mol. The van der Waals surface area contributed by atoms with Crippen molar-refractivity contribution in [1.82, 2.24) is 9.78 Å². The third-order valence-electron chi connectivity index (χ3n) is 2.70. The summed E-state index contributed by atoms with van der Waals surface area (Å²) in [5, 5.41) is 3.39. The Morgan fingerprint density at radius 3 is 2.32 bits per heavy atom. The summed E-state index contributed by atoms with van der Waals surface area (Å²) >= 11 is 5.92. The number of benzene rings is 1. The van der Waals surface area contributed by atoms with Gasteiger partial charge < -0.3 is 4.90 Å². The normalized spacial score (nSPS) is 11.7. The summed E-state index contributed by atoms with van der Waals surface area (Å²) in [4.78, 5) is 1.37. The van der Waals surface area contributed by atoms with Crippen LogP contribution < -0.4 is 4.90 Å². The number of hydrogen-bond donors (Lipinski definition) is 0. The standard InChI is InChI=1S/C12H11ClF3N3/c1-18(8-6-4-3-5-7-8)9-10(12(14,15)16)17-19(2)11(9)13/h3-7H,1-2H3. The summed E-state index contributed by atoms with van der Waals surface area (Å²) in [5.74, 6) is 0. The van der Waals surface area contributed by atoms with Gasteiger partial charge in [-0.1, -0.05) is 29.8 Å². The molecule has 0 unspecified atom stereocenters. The topological polar surface area (TPSA) is 21.1 Å². The Balaban J connectivity index is 2.56. The molecule has 19 heavy (non-hydrogen) atoms. The third kappa shape index (κ3) is 2.53. The molecule has 0 N–H and O–H groups in total. The maximum absolute atomic E-state index is 13.0. The lowest BCUT2D eigenvalue weighted by molar-refractivity contribution is -0.140. The predicted molar refractivity (Wildman–Crippen MR) is 67.7 cm³/mol. The first kappa shape index (κ1) is 13.7. The van der Waals surface area contributed by atoms with Crippen LogP contribution in [-0.2, 0) is 13.2 Å². The fourth-order valence-electron chi connectivity index (χ4n) is 1.76. The van der Waals surface area contributed by atoms with Crippen LogP contribution in [0.5, 0.6) is 0 Å². The minimum Gasteiger partial charge on any atom is -0.340 e. The smallest absolute Gasteiger partial charge is 0.340 e. The van der Waals surface area contributed by atoms with Crippen LogP contribution in [0, 0.1) is 0 Å². The molecule has 0 aliphatic rings. The van der Waals surface area contributed by atoms with Crippen molar-refractivity contribution < 1.29 is 13.2 Å². The van der Waals surface area contributed by atoms with Gasteiger partial charge in [0.15, 0.2) is 10.8 Å². The van der Waals surface area contributed by atoms with E-state index < -0.39 is 11.9 Å². The number of hydrogen-bond acceptors (Lipinski definition) is 2. The first-order valence-corrected chi connectivity index (χ1v) is 5.78. The number of aryl methyl sites for hydroxylation is 1. The van der Waals surface area contributed by atoms with Crippen LogP contribution in [-0.4, -0.2) is 16.8 Å². The van der Waals surface area contributed by atoms with Crippen LogP contribution >= 0.6 is 11.6 Å². The van der Waals surface area contributed by atoms with Gasteiger partial charge in [-0.25, -0.2) is 0 Å². The zero-order chi connectivity index (χ0) is 14.2. The van der Waals surface area contributed by atoms with E-state index in [1.54, 1.807) is 30.3 Å². The third-order valence-corrected chi connectivity index (χ3v) is 3.12. The van der Waals surface area contributed by atoms with Crippen LogP contribution in [0.2, 0.25) is 5.15 Å². The Morgan fingerprint density at radius 2 is 1.79 bits per heavy atom. The van der Waals surface area contributed by atoms with E-state index in [9.17, 15) is 13.2 Å². The molecule has 0 saturated heterocycles. The van der Waals surface area contributed by atoms with Crippen molar-refractivity contribution in [3.63, 3.8) is 0 Å². The Morgan fingerprint density at radius 1 is 1.21 bits per heavy atom. The lowest BCUT2D eigenvalue weighted by Crippen LogP contribution is -2.16. The number of aromatic nitrogens is 2. The van der Waals surface area contributed by atoms with Gasteiger partial charge in [0.25, 0.3) is 0 Å². The van der Waals surface area contributed by atoms with E-state index in [0.717, 1.165) is 4.68 Å². The van der Waals surface area contributed by atoms with Gasteiger partial charge >= 0.3 is 6.18 Å².